The Morgan fingerprint density at radius 2 is 1.46 bits per heavy atom. The molecular weight excluding hydrogens is 488 g/mol. The van der Waals surface area contributed by atoms with Gasteiger partial charge in [0, 0.05) is 43.1 Å². The lowest BCUT2D eigenvalue weighted by atomic mass is 10.1. The molecule has 2 aliphatic heterocycles. The lowest BCUT2D eigenvalue weighted by molar-refractivity contribution is -0.120. The van der Waals surface area contributed by atoms with Gasteiger partial charge in [0.25, 0.3) is 17.7 Å². The molecule has 2 aliphatic rings. The molecule has 5 rings (SSSR count). The normalized spacial score (nSPS) is 16.0. The highest BCUT2D eigenvalue weighted by molar-refractivity contribution is 6.53. The summed E-state index contributed by atoms with van der Waals surface area (Å²) in [5.41, 5.74) is 4.49. The Morgan fingerprint density at radius 1 is 0.784 bits per heavy atom. The number of halogens is 1. The maximum absolute atomic E-state index is 13.2. The maximum atomic E-state index is 13.2. The van der Waals surface area contributed by atoms with Crippen molar-refractivity contribution in [2.45, 2.75) is 13.8 Å². The van der Waals surface area contributed by atoms with Crippen LogP contribution in [0.1, 0.15) is 21.5 Å². The quantitative estimate of drug-likeness (QED) is 0.500. The fraction of sp³-hybridized carbons (Fsp3) is 0.207. The van der Waals surface area contributed by atoms with Crippen molar-refractivity contribution in [3.63, 3.8) is 0 Å². The molecule has 1 fully saturated rings. The zero-order valence-corrected chi connectivity index (χ0v) is 21.5. The third-order valence-electron chi connectivity index (χ3n) is 6.56. The van der Waals surface area contributed by atoms with Crippen molar-refractivity contribution >= 4 is 46.4 Å². The second-order valence-corrected chi connectivity index (χ2v) is 9.68. The van der Waals surface area contributed by atoms with Gasteiger partial charge in [-0.3, -0.25) is 14.4 Å². The molecule has 0 spiro atoms. The first kappa shape index (κ1) is 24.6. The molecular formula is C29H27ClN4O3. The summed E-state index contributed by atoms with van der Waals surface area (Å²) in [6.07, 6.45) is 0. The highest BCUT2D eigenvalue weighted by atomic mass is 35.5. The number of hydrogen-bond acceptors (Lipinski definition) is 5. The summed E-state index contributed by atoms with van der Waals surface area (Å²) in [7, 11) is 0. The topological polar surface area (TPSA) is 73.0 Å². The molecule has 3 aromatic rings. The molecule has 0 unspecified atom stereocenters. The van der Waals surface area contributed by atoms with Gasteiger partial charge in [0.2, 0.25) is 0 Å². The van der Waals surface area contributed by atoms with Crippen LogP contribution in [0.5, 0.6) is 0 Å². The number of aryl methyl sites for hydroxylation is 2. The Morgan fingerprint density at radius 3 is 2.14 bits per heavy atom. The van der Waals surface area contributed by atoms with Gasteiger partial charge >= 0.3 is 0 Å². The second-order valence-electron chi connectivity index (χ2n) is 9.30. The molecule has 3 amide bonds. The molecule has 0 saturated carbocycles. The van der Waals surface area contributed by atoms with E-state index >= 15 is 0 Å². The summed E-state index contributed by atoms with van der Waals surface area (Å²) in [5.74, 6) is -1.20. The molecule has 188 valence electrons. The minimum Gasteiger partial charge on any atom is -0.368 e. The average Bonchev–Trinajstić information content (AvgIpc) is 3.11. The van der Waals surface area contributed by atoms with E-state index in [4.69, 9.17) is 11.6 Å². The molecule has 0 aliphatic carbocycles. The molecule has 37 heavy (non-hydrogen) atoms. The van der Waals surface area contributed by atoms with Gasteiger partial charge in [-0.15, -0.1) is 0 Å². The van der Waals surface area contributed by atoms with Gasteiger partial charge in [0.1, 0.15) is 10.7 Å². The van der Waals surface area contributed by atoms with E-state index in [1.54, 1.807) is 36.4 Å². The maximum Gasteiger partial charge on any atom is 0.283 e. The number of imide groups is 1. The number of nitrogens with one attached hydrogen (secondary N) is 1. The number of rotatable bonds is 5. The predicted molar refractivity (Wildman–Crippen MR) is 146 cm³/mol. The molecule has 0 aromatic heterocycles. The molecule has 7 nitrogen and oxygen atoms in total. The number of amides is 3. The number of benzene rings is 3. The van der Waals surface area contributed by atoms with Crippen molar-refractivity contribution in [1.82, 2.24) is 4.90 Å². The zero-order chi connectivity index (χ0) is 26.1. The second kappa shape index (κ2) is 10.1. The van der Waals surface area contributed by atoms with Crippen molar-refractivity contribution in [3.8, 4) is 0 Å². The van der Waals surface area contributed by atoms with Gasteiger partial charge in [-0.05, 0) is 67.4 Å². The number of nitrogens with zero attached hydrogens (tertiary/aromatic N) is 3. The largest absolute Gasteiger partial charge is 0.368 e. The molecule has 3 aromatic carbocycles. The van der Waals surface area contributed by atoms with E-state index in [1.807, 2.05) is 43.0 Å². The first-order chi connectivity index (χ1) is 17.8. The first-order valence-corrected chi connectivity index (χ1v) is 12.5. The third kappa shape index (κ3) is 4.95. The van der Waals surface area contributed by atoms with Crippen LogP contribution in [0.2, 0.25) is 0 Å². The SMILES string of the molecule is Cc1cc(C)cc(N2C(=O)C(Cl)=C(Nc3cccc(C(=O)N4CCN(c5ccccc5)CC4)c3)C2=O)c1. The predicted octanol–water partition coefficient (Wildman–Crippen LogP) is 4.70. The van der Waals surface area contributed by atoms with E-state index in [2.05, 4.69) is 22.3 Å². The van der Waals surface area contributed by atoms with E-state index in [1.165, 1.54) is 0 Å². The molecule has 8 heteroatoms. The molecule has 1 N–H and O–H groups in total. The van der Waals surface area contributed by atoms with Crippen LogP contribution < -0.4 is 15.1 Å². The van der Waals surface area contributed by atoms with Crippen molar-refractivity contribution in [2.75, 3.05) is 41.3 Å². The number of anilines is 3. The van der Waals surface area contributed by atoms with E-state index in [0.29, 0.717) is 30.0 Å². The number of hydrogen-bond donors (Lipinski definition) is 1. The van der Waals surface area contributed by atoms with Crippen LogP contribution in [0, 0.1) is 13.8 Å². The van der Waals surface area contributed by atoms with Crippen LogP contribution in [0.15, 0.2) is 83.5 Å². The van der Waals surface area contributed by atoms with Crippen LogP contribution in [-0.4, -0.2) is 48.8 Å². The Balaban J connectivity index is 1.29. The fourth-order valence-corrected chi connectivity index (χ4v) is 5.00. The van der Waals surface area contributed by atoms with Crippen molar-refractivity contribution < 1.29 is 14.4 Å². The van der Waals surface area contributed by atoms with Crippen LogP contribution in [0.3, 0.4) is 0 Å². The Bertz CT molecular complexity index is 1390. The molecule has 1 saturated heterocycles. The molecule has 0 atom stereocenters. The van der Waals surface area contributed by atoms with Gasteiger partial charge in [-0.25, -0.2) is 4.90 Å². The number of carbonyl (C=O) groups excluding carboxylic acids is 3. The van der Waals surface area contributed by atoms with E-state index in [-0.39, 0.29) is 16.6 Å². The number of carbonyl (C=O) groups is 3. The summed E-state index contributed by atoms with van der Waals surface area (Å²) < 4.78 is 0. The molecule has 0 radical (unpaired) electrons. The van der Waals surface area contributed by atoms with E-state index in [0.717, 1.165) is 34.8 Å². The van der Waals surface area contributed by atoms with Crippen molar-refractivity contribution in [1.29, 1.82) is 0 Å². The summed E-state index contributed by atoms with van der Waals surface area (Å²) in [4.78, 5) is 44.4. The van der Waals surface area contributed by atoms with Crippen LogP contribution >= 0.6 is 11.6 Å². The fourth-order valence-electron chi connectivity index (χ4n) is 4.79. The Hall–Kier alpha value is -4.10. The molecule has 2 heterocycles. The minimum atomic E-state index is -0.581. The van der Waals surface area contributed by atoms with Crippen LogP contribution in [-0.2, 0) is 9.59 Å². The summed E-state index contributed by atoms with van der Waals surface area (Å²) in [6, 6.07) is 22.6. The standard InChI is InChI=1S/C29H27ClN4O3/c1-19-15-20(2)17-24(16-19)34-28(36)25(30)26(29(34)37)31-22-8-6-7-21(18-22)27(35)33-13-11-32(12-14-33)23-9-4-3-5-10-23/h3-10,15-18,31H,11-14H2,1-2H3. The van der Waals surface area contributed by atoms with Gasteiger partial charge in [-0.2, -0.15) is 0 Å². The summed E-state index contributed by atoms with van der Waals surface area (Å²) in [6.45, 7) is 6.53. The van der Waals surface area contributed by atoms with Gasteiger partial charge < -0.3 is 15.1 Å². The molecule has 0 bridgehead atoms. The van der Waals surface area contributed by atoms with Crippen LogP contribution in [0.4, 0.5) is 17.1 Å². The van der Waals surface area contributed by atoms with Gasteiger partial charge in [0.15, 0.2) is 0 Å². The van der Waals surface area contributed by atoms with Crippen LogP contribution in [0.25, 0.3) is 0 Å². The Labute approximate surface area is 220 Å². The van der Waals surface area contributed by atoms with Gasteiger partial charge in [-0.1, -0.05) is 41.9 Å². The minimum absolute atomic E-state index is 0.00750. The summed E-state index contributed by atoms with van der Waals surface area (Å²) in [5, 5.41) is 2.80. The van der Waals surface area contributed by atoms with E-state index in [9.17, 15) is 14.4 Å². The monoisotopic (exact) mass is 514 g/mol. The number of piperazine rings is 1. The third-order valence-corrected chi connectivity index (χ3v) is 6.91. The lowest BCUT2D eigenvalue weighted by Gasteiger charge is -2.36. The summed E-state index contributed by atoms with van der Waals surface area (Å²) >= 11 is 6.31. The number of para-hydroxylation sites is 1. The van der Waals surface area contributed by atoms with Crippen molar-refractivity contribution in [3.05, 3.63) is 100 Å². The lowest BCUT2D eigenvalue weighted by Crippen LogP contribution is -2.48. The smallest absolute Gasteiger partial charge is 0.283 e. The zero-order valence-electron chi connectivity index (χ0n) is 20.7. The van der Waals surface area contributed by atoms with E-state index < -0.39 is 11.8 Å². The highest BCUT2D eigenvalue weighted by Gasteiger charge is 2.39. The van der Waals surface area contributed by atoms with Gasteiger partial charge in [0.05, 0.1) is 5.69 Å². The first-order valence-electron chi connectivity index (χ1n) is 12.1. The van der Waals surface area contributed by atoms with Crippen molar-refractivity contribution in [2.24, 2.45) is 0 Å². The Kier molecular flexibility index (Phi) is 6.72. The highest BCUT2D eigenvalue weighted by Crippen LogP contribution is 2.31. The average molecular weight is 515 g/mol.